The number of carbonyl (C=O) groups excluding carboxylic acids is 4. The molecule has 0 radical (unpaired) electrons. The van der Waals surface area contributed by atoms with Crippen molar-refractivity contribution in [3.8, 4) is 0 Å². The van der Waals surface area contributed by atoms with Crippen LogP contribution >= 0.6 is 0 Å². The molecule has 0 bridgehead atoms. The van der Waals surface area contributed by atoms with E-state index in [4.69, 9.17) is 15.2 Å². The second kappa shape index (κ2) is 14.0. The van der Waals surface area contributed by atoms with Crippen molar-refractivity contribution in [3.05, 3.63) is 76.7 Å². The van der Waals surface area contributed by atoms with Gasteiger partial charge in [0.05, 0.1) is 6.61 Å². The molecule has 1 aromatic carbocycles. The molecular formula is C24H28N4O7. The number of hydrogen-bond acceptors (Lipinski definition) is 7. The lowest BCUT2D eigenvalue weighted by atomic mass is 10.1. The molecule has 1 aromatic heterocycles. The summed E-state index contributed by atoms with van der Waals surface area (Å²) in [5.41, 5.74) is 5.28. The van der Waals surface area contributed by atoms with Crippen molar-refractivity contribution in [3.63, 3.8) is 0 Å². The van der Waals surface area contributed by atoms with Gasteiger partial charge in [-0.05, 0) is 31.0 Å². The molecule has 1 unspecified atom stereocenters. The molecule has 1 atom stereocenters. The first-order chi connectivity index (χ1) is 16.8. The van der Waals surface area contributed by atoms with Crippen molar-refractivity contribution in [2.75, 3.05) is 11.9 Å². The van der Waals surface area contributed by atoms with Crippen LogP contribution in [0.3, 0.4) is 0 Å². The predicted octanol–water partition coefficient (Wildman–Crippen LogP) is 1.47. The van der Waals surface area contributed by atoms with Gasteiger partial charge in [0.15, 0.2) is 0 Å². The summed E-state index contributed by atoms with van der Waals surface area (Å²) in [6, 6.07) is 11.2. The number of nitrogens with one attached hydrogen (secondary N) is 2. The number of esters is 1. The first kappa shape index (κ1) is 26.8. The molecule has 4 N–H and O–H groups in total. The predicted molar refractivity (Wildman–Crippen MR) is 127 cm³/mol. The molecule has 2 rings (SSSR count). The monoisotopic (exact) mass is 484 g/mol. The summed E-state index contributed by atoms with van der Waals surface area (Å²) < 4.78 is 11.0. The van der Waals surface area contributed by atoms with E-state index in [0.29, 0.717) is 0 Å². The van der Waals surface area contributed by atoms with E-state index in [1.165, 1.54) is 24.4 Å². The Morgan fingerprint density at radius 1 is 1.09 bits per heavy atom. The molecule has 1 heterocycles. The average Bonchev–Trinajstić information content (AvgIpc) is 2.83. The molecule has 35 heavy (non-hydrogen) atoms. The minimum Gasteiger partial charge on any atom is -0.463 e. The van der Waals surface area contributed by atoms with Crippen molar-refractivity contribution in [2.24, 2.45) is 5.73 Å². The maximum absolute atomic E-state index is 12.7. The number of aromatic nitrogens is 1. The van der Waals surface area contributed by atoms with Crippen LogP contribution in [-0.4, -0.2) is 41.1 Å². The highest BCUT2D eigenvalue weighted by Gasteiger charge is 2.14. The Hall–Kier alpha value is -4.41. The van der Waals surface area contributed by atoms with Gasteiger partial charge in [-0.15, -0.1) is 0 Å². The molecule has 3 amide bonds. The summed E-state index contributed by atoms with van der Waals surface area (Å²) >= 11 is 0. The van der Waals surface area contributed by atoms with Gasteiger partial charge in [-0.3, -0.25) is 19.7 Å². The molecule has 0 spiro atoms. The lowest BCUT2D eigenvalue weighted by molar-refractivity contribution is -0.137. The number of benzene rings is 1. The Morgan fingerprint density at radius 3 is 2.51 bits per heavy atom. The number of hydrogen-bond donors (Lipinski definition) is 3. The third kappa shape index (κ3) is 9.95. The molecule has 11 nitrogen and oxygen atoms in total. The summed E-state index contributed by atoms with van der Waals surface area (Å²) in [5, 5.41) is 5.00. The number of anilines is 1. The fraction of sp³-hybridized carbons (Fsp3) is 0.292. The van der Waals surface area contributed by atoms with E-state index in [9.17, 15) is 24.0 Å². The summed E-state index contributed by atoms with van der Waals surface area (Å²) in [7, 11) is 0. The Labute approximate surface area is 201 Å². The van der Waals surface area contributed by atoms with Crippen LogP contribution in [0, 0.1) is 0 Å². The Balaban J connectivity index is 2.00. The van der Waals surface area contributed by atoms with Gasteiger partial charge in [0.2, 0.25) is 11.8 Å². The Morgan fingerprint density at radius 2 is 1.83 bits per heavy atom. The summed E-state index contributed by atoms with van der Waals surface area (Å²) in [6.45, 7) is 1.51. The average molecular weight is 485 g/mol. The third-order valence-corrected chi connectivity index (χ3v) is 4.58. The normalized spacial score (nSPS) is 11.5. The molecule has 0 fully saturated rings. The highest BCUT2D eigenvalue weighted by Crippen LogP contribution is 2.05. The third-order valence-electron chi connectivity index (χ3n) is 4.58. The molecule has 0 aliphatic rings. The van der Waals surface area contributed by atoms with Crippen LogP contribution in [0.15, 0.2) is 65.6 Å². The molecular weight excluding hydrogens is 456 g/mol. The molecule has 186 valence electrons. The SMILES string of the molecule is CCOC(=O)C=CC(CCC(N)=O)NC(=O)Cn1cccc(NC(=O)OCc2ccccc2)c1=O. The highest BCUT2D eigenvalue weighted by atomic mass is 16.5. The number of amides is 3. The number of nitrogens with two attached hydrogens (primary N) is 1. The lowest BCUT2D eigenvalue weighted by Crippen LogP contribution is -2.39. The second-order valence-corrected chi connectivity index (χ2v) is 7.33. The molecule has 0 aliphatic carbocycles. The molecule has 0 saturated heterocycles. The number of pyridine rings is 1. The van der Waals surface area contributed by atoms with Crippen LogP contribution in [0.4, 0.5) is 10.5 Å². The van der Waals surface area contributed by atoms with E-state index in [-0.39, 0.29) is 38.3 Å². The number of primary amides is 1. The van der Waals surface area contributed by atoms with Crippen LogP contribution in [0.25, 0.3) is 0 Å². The van der Waals surface area contributed by atoms with Gasteiger partial charge in [-0.25, -0.2) is 9.59 Å². The van der Waals surface area contributed by atoms with Crippen molar-refractivity contribution in [2.45, 2.75) is 39.0 Å². The van der Waals surface area contributed by atoms with Gasteiger partial charge in [-0.1, -0.05) is 36.4 Å². The Bertz CT molecular complexity index is 1110. The fourth-order valence-corrected chi connectivity index (χ4v) is 2.93. The summed E-state index contributed by atoms with van der Waals surface area (Å²) in [4.78, 5) is 60.0. The van der Waals surface area contributed by atoms with Crippen molar-refractivity contribution >= 4 is 29.6 Å². The number of carbonyl (C=O) groups is 4. The van der Waals surface area contributed by atoms with E-state index < -0.39 is 35.5 Å². The standard InChI is InChI=1S/C24H28N4O7/c1-2-34-22(31)13-11-18(10-12-20(25)29)26-21(30)15-28-14-6-9-19(23(28)32)27-24(33)35-16-17-7-4-3-5-8-17/h3-9,11,13-14,18H,2,10,12,15-16H2,1H3,(H2,25,29)(H,26,30)(H,27,33). The zero-order valence-electron chi connectivity index (χ0n) is 19.3. The zero-order chi connectivity index (χ0) is 25.6. The van der Waals surface area contributed by atoms with E-state index in [1.54, 1.807) is 19.1 Å². The summed E-state index contributed by atoms with van der Waals surface area (Å²) in [6.07, 6.45) is 3.23. The van der Waals surface area contributed by atoms with E-state index in [2.05, 4.69) is 10.6 Å². The number of nitrogens with zero attached hydrogens (tertiary/aromatic N) is 1. The van der Waals surface area contributed by atoms with Crippen LogP contribution in [-0.2, 0) is 37.0 Å². The number of ether oxygens (including phenoxy) is 2. The van der Waals surface area contributed by atoms with Crippen LogP contribution in [0.1, 0.15) is 25.3 Å². The van der Waals surface area contributed by atoms with Gasteiger partial charge in [0, 0.05) is 24.7 Å². The smallest absolute Gasteiger partial charge is 0.412 e. The zero-order valence-corrected chi connectivity index (χ0v) is 19.3. The molecule has 11 heteroatoms. The van der Waals surface area contributed by atoms with Gasteiger partial charge >= 0.3 is 12.1 Å². The van der Waals surface area contributed by atoms with Gasteiger partial charge < -0.3 is 25.1 Å². The van der Waals surface area contributed by atoms with Crippen LogP contribution in [0.2, 0.25) is 0 Å². The maximum Gasteiger partial charge on any atom is 0.412 e. The molecule has 0 aliphatic heterocycles. The second-order valence-electron chi connectivity index (χ2n) is 7.33. The minimum absolute atomic E-state index is 0.0252. The highest BCUT2D eigenvalue weighted by molar-refractivity contribution is 5.84. The first-order valence-electron chi connectivity index (χ1n) is 10.9. The maximum atomic E-state index is 12.7. The fourth-order valence-electron chi connectivity index (χ4n) is 2.93. The largest absolute Gasteiger partial charge is 0.463 e. The topological polar surface area (TPSA) is 159 Å². The summed E-state index contributed by atoms with van der Waals surface area (Å²) in [5.74, 6) is -1.72. The van der Waals surface area contributed by atoms with Crippen LogP contribution in [0.5, 0.6) is 0 Å². The van der Waals surface area contributed by atoms with Gasteiger partial charge in [-0.2, -0.15) is 0 Å². The van der Waals surface area contributed by atoms with Crippen molar-refractivity contribution in [1.82, 2.24) is 9.88 Å². The van der Waals surface area contributed by atoms with E-state index >= 15 is 0 Å². The van der Waals surface area contributed by atoms with E-state index in [1.807, 2.05) is 18.2 Å². The minimum atomic E-state index is -0.816. The lowest BCUT2D eigenvalue weighted by Gasteiger charge is -2.15. The number of rotatable bonds is 12. The Kier molecular flexibility index (Phi) is 10.7. The van der Waals surface area contributed by atoms with E-state index in [0.717, 1.165) is 16.2 Å². The van der Waals surface area contributed by atoms with Crippen LogP contribution < -0.4 is 21.9 Å². The quantitative estimate of drug-likeness (QED) is 0.304. The van der Waals surface area contributed by atoms with Crippen molar-refractivity contribution < 1.29 is 28.7 Å². The van der Waals surface area contributed by atoms with Crippen molar-refractivity contribution in [1.29, 1.82) is 0 Å². The van der Waals surface area contributed by atoms with Gasteiger partial charge in [0.25, 0.3) is 5.56 Å². The van der Waals surface area contributed by atoms with Gasteiger partial charge in [0.1, 0.15) is 18.8 Å². The molecule has 0 saturated carbocycles. The molecule has 2 aromatic rings. The first-order valence-corrected chi connectivity index (χ1v) is 10.9.